The van der Waals surface area contributed by atoms with Crippen LogP contribution in [0.3, 0.4) is 0 Å². The van der Waals surface area contributed by atoms with E-state index in [4.69, 9.17) is 10.2 Å². The second-order valence-electron chi connectivity index (χ2n) is 3.59. The minimum Gasteiger partial charge on any atom is -0.464 e. The Balaban J connectivity index is 0. The van der Waals surface area contributed by atoms with Crippen LogP contribution in [0.2, 0.25) is 0 Å². The highest BCUT2D eigenvalue weighted by molar-refractivity contribution is 5.74. The molecule has 0 saturated heterocycles. The molecule has 0 aliphatic heterocycles. The van der Waals surface area contributed by atoms with Gasteiger partial charge in [-0.05, 0) is 34.6 Å². The molecule has 0 fully saturated rings. The number of ether oxygens (including phenoxy) is 2. The maximum absolute atomic E-state index is 10.5. The summed E-state index contributed by atoms with van der Waals surface area (Å²) in [6, 6.07) is 0. The van der Waals surface area contributed by atoms with Crippen molar-refractivity contribution in [1.29, 1.82) is 0 Å². The first-order valence-electron chi connectivity index (χ1n) is 5.45. The molecule has 0 bridgehead atoms. The molecule has 0 aromatic carbocycles. The number of aliphatic hydroxyl groups excluding tert-OH is 2. The van der Waals surface area contributed by atoms with E-state index in [1.165, 1.54) is 13.8 Å². The van der Waals surface area contributed by atoms with Crippen molar-refractivity contribution < 1.29 is 29.3 Å². The number of aliphatic hydroxyl groups is 2. The molecule has 0 spiro atoms. The van der Waals surface area contributed by atoms with Gasteiger partial charge in [-0.15, -0.1) is 0 Å². The van der Waals surface area contributed by atoms with Crippen LogP contribution in [0.1, 0.15) is 34.6 Å². The average molecular weight is 250 g/mol. The third-order valence-corrected chi connectivity index (χ3v) is 1.32. The van der Waals surface area contributed by atoms with Crippen molar-refractivity contribution in [2.45, 2.75) is 52.9 Å². The Morgan fingerprint density at radius 1 is 1.00 bits per heavy atom. The van der Waals surface area contributed by atoms with E-state index in [2.05, 4.69) is 9.47 Å². The summed E-state index contributed by atoms with van der Waals surface area (Å²) in [6.45, 7) is 8.24. The van der Waals surface area contributed by atoms with Gasteiger partial charge in [0.2, 0.25) is 0 Å². The Morgan fingerprint density at radius 2 is 1.41 bits per heavy atom. The Bertz CT molecular complexity index is 222. The fraction of sp³-hybridized carbons (Fsp3) is 0.818. The van der Waals surface area contributed by atoms with Crippen LogP contribution < -0.4 is 0 Å². The van der Waals surface area contributed by atoms with Crippen molar-refractivity contribution >= 4 is 11.9 Å². The third kappa shape index (κ3) is 12.8. The Morgan fingerprint density at radius 3 is 1.53 bits per heavy atom. The third-order valence-electron chi connectivity index (χ3n) is 1.32. The summed E-state index contributed by atoms with van der Waals surface area (Å²) in [7, 11) is 0. The standard InChI is InChI=1S/C6H12O3.C5H10O3/c1-4(2)9-6(8)5(3)7;1-3-8-5(7)4(2)6/h4-5,7H,1-3H3;4,6H,3H2,1-2H3. The lowest BCUT2D eigenvalue weighted by atomic mass is 10.4. The smallest absolute Gasteiger partial charge is 0.334 e. The van der Waals surface area contributed by atoms with E-state index >= 15 is 0 Å². The fourth-order valence-electron chi connectivity index (χ4n) is 0.594. The van der Waals surface area contributed by atoms with Crippen LogP contribution in [-0.2, 0) is 19.1 Å². The summed E-state index contributed by atoms with van der Waals surface area (Å²) in [5, 5.41) is 17.1. The van der Waals surface area contributed by atoms with Crippen LogP contribution in [0.4, 0.5) is 0 Å². The summed E-state index contributed by atoms with van der Waals surface area (Å²) in [6.07, 6.45) is -2.14. The predicted molar refractivity (Wildman–Crippen MR) is 61.2 cm³/mol. The minimum atomic E-state index is -1.01. The van der Waals surface area contributed by atoms with Crippen LogP contribution in [-0.4, -0.2) is 47.1 Å². The molecule has 2 N–H and O–H groups in total. The second kappa shape index (κ2) is 10.0. The molecule has 6 nitrogen and oxygen atoms in total. The molecule has 0 saturated carbocycles. The van der Waals surface area contributed by atoms with Gasteiger partial charge in [-0.3, -0.25) is 0 Å². The lowest BCUT2D eigenvalue weighted by Gasteiger charge is -2.08. The van der Waals surface area contributed by atoms with Gasteiger partial charge >= 0.3 is 11.9 Å². The van der Waals surface area contributed by atoms with Crippen molar-refractivity contribution in [3.8, 4) is 0 Å². The lowest BCUT2D eigenvalue weighted by Crippen LogP contribution is -2.22. The Labute approximate surface area is 102 Å². The van der Waals surface area contributed by atoms with Gasteiger partial charge in [-0.25, -0.2) is 9.59 Å². The molecular weight excluding hydrogens is 228 g/mol. The topological polar surface area (TPSA) is 93.1 Å². The number of carbonyl (C=O) groups excluding carboxylic acids is 2. The fourth-order valence-corrected chi connectivity index (χ4v) is 0.594. The number of esters is 2. The molecule has 0 aliphatic carbocycles. The quantitative estimate of drug-likeness (QED) is 0.695. The van der Waals surface area contributed by atoms with E-state index in [9.17, 15) is 9.59 Å². The molecule has 2 atom stereocenters. The van der Waals surface area contributed by atoms with E-state index in [0.29, 0.717) is 6.61 Å². The number of rotatable bonds is 4. The first-order chi connectivity index (χ1) is 7.72. The lowest BCUT2D eigenvalue weighted by molar-refractivity contribution is -0.156. The molecule has 0 aliphatic rings. The summed E-state index contributed by atoms with van der Waals surface area (Å²) in [5.74, 6) is -1.13. The molecule has 0 aromatic rings. The Hall–Kier alpha value is -1.14. The van der Waals surface area contributed by atoms with Crippen LogP contribution >= 0.6 is 0 Å². The summed E-state index contributed by atoms with van der Waals surface area (Å²) in [5.41, 5.74) is 0. The monoisotopic (exact) mass is 250 g/mol. The van der Waals surface area contributed by atoms with Gasteiger partial charge in [0.1, 0.15) is 12.2 Å². The molecule has 2 unspecified atom stereocenters. The largest absolute Gasteiger partial charge is 0.464 e. The van der Waals surface area contributed by atoms with E-state index in [1.807, 2.05) is 0 Å². The molecule has 0 heterocycles. The highest BCUT2D eigenvalue weighted by Gasteiger charge is 2.10. The number of hydrogen-bond donors (Lipinski definition) is 2. The first kappa shape index (κ1) is 18.2. The minimum absolute atomic E-state index is 0.146. The molecule has 0 aromatic heterocycles. The zero-order valence-corrected chi connectivity index (χ0v) is 11.0. The zero-order valence-electron chi connectivity index (χ0n) is 11.0. The molecule has 0 radical (unpaired) electrons. The van der Waals surface area contributed by atoms with Crippen molar-refractivity contribution in [3.63, 3.8) is 0 Å². The molecule has 6 heteroatoms. The maximum Gasteiger partial charge on any atom is 0.334 e. The van der Waals surface area contributed by atoms with E-state index < -0.39 is 24.1 Å². The van der Waals surface area contributed by atoms with Gasteiger partial charge in [0, 0.05) is 0 Å². The van der Waals surface area contributed by atoms with Crippen LogP contribution in [0.15, 0.2) is 0 Å². The van der Waals surface area contributed by atoms with Gasteiger partial charge in [0.15, 0.2) is 0 Å². The molecular formula is C11H22O6. The highest BCUT2D eigenvalue weighted by atomic mass is 16.6. The molecule has 0 amide bonds. The molecule has 17 heavy (non-hydrogen) atoms. The zero-order chi connectivity index (χ0) is 14.0. The summed E-state index contributed by atoms with van der Waals surface area (Å²) in [4.78, 5) is 20.8. The summed E-state index contributed by atoms with van der Waals surface area (Å²) < 4.78 is 9.04. The van der Waals surface area contributed by atoms with Crippen LogP contribution in [0.5, 0.6) is 0 Å². The number of carbonyl (C=O) groups is 2. The van der Waals surface area contributed by atoms with E-state index in [1.54, 1.807) is 20.8 Å². The molecule has 0 rings (SSSR count). The SMILES string of the molecule is CC(C)OC(=O)C(C)O.CCOC(=O)C(C)O. The summed E-state index contributed by atoms with van der Waals surface area (Å²) >= 11 is 0. The Kier molecular flexibility index (Phi) is 10.8. The number of hydrogen-bond acceptors (Lipinski definition) is 6. The van der Waals surface area contributed by atoms with Gasteiger partial charge in [-0.1, -0.05) is 0 Å². The van der Waals surface area contributed by atoms with E-state index in [-0.39, 0.29) is 6.10 Å². The van der Waals surface area contributed by atoms with Gasteiger partial charge < -0.3 is 19.7 Å². The van der Waals surface area contributed by atoms with Gasteiger partial charge in [0.05, 0.1) is 12.7 Å². The van der Waals surface area contributed by atoms with E-state index in [0.717, 1.165) is 0 Å². The maximum atomic E-state index is 10.5. The molecule has 102 valence electrons. The second-order valence-corrected chi connectivity index (χ2v) is 3.59. The van der Waals surface area contributed by atoms with Crippen molar-refractivity contribution in [2.24, 2.45) is 0 Å². The highest BCUT2D eigenvalue weighted by Crippen LogP contribution is 1.92. The predicted octanol–water partition coefficient (Wildman–Crippen LogP) is 0.249. The van der Waals surface area contributed by atoms with Crippen LogP contribution in [0.25, 0.3) is 0 Å². The van der Waals surface area contributed by atoms with Gasteiger partial charge in [0.25, 0.3) is 0 Å². The normalized spacial score (nSPS) is 13.2. The van der Waals surface area contributed by atoms with Gasteiger partial charge in [-0.2, -0.15) is 0 Å². The van der Waals surface area contributed by atoms with Crippen molar-refractivity contribution in [1.82, 2.24) is 0 Å². The van der Waals surface area contributed by atoms with Crippen molar-refractivity contribution in [2.75, 3.05) is 6.61 Å². The van der Waals surface area contributed by atoms with Crippen LogP contribution in [0, 0.1) is 0 Å². The average Bonchev–Trinajstić information content (AvgIpc) is 2.17. The first-order valence-corrected chi connectivity index (χ1v) is 5.45. The van der Waals surface area contributed by atoms with Crippen molar-refractivity contribution in [3.05, 3.63) is 0 Å².